The monoisotopic (exact) mass is 368 g/mol. The number of hydrogen-bond donors (Lipinski definition) is 2. The third kappa shape index (κ3) is 3.55. The summed E-state index contributed by atoms with van der Waals surface area (Å²) in [6.45, 7) is 0. The fourth-order valence-electron chi connectivity index (χ4n) is 3.98. The van der Waals surface area contributed by atoms with Crippen LogP contribution in [0.1, 0.15) is 42.4 Å². The van der Waals surface area contributed by atoms with E-state index in [2.05, 4.69) is 29.6 Å². The lowest BCUT2D eigenvalue weighted by Crippen LogP contribution is -2.14. The van der Waals surface area contributed by atoms with Crippen LogP contribution in [0.25, 0.3) is 11.1 Å². The molecule has 2 aliphatic carbocycles. The molecule has 0 aliphatic heterocycles. The van der Waals surface area contributed by atoms with Crippen molar-refractivity contribution in [2.75, 3.05) is 12.4 Å². The van der Waals surface area contributed by atoms with Gasteiger partial charge in [-0.1, -0.05) is 36.4 Å². The van der Waals surface area contributed by atoms with Crippen LogP contribution in [0.3, 0.4) is 0 Å². The first-order valence-corrected chi connectivity index (χ1v) is 10.7. The summed E-state index contributed by atoms with van der Waals surface area (Å²) in [6, 6.07) is 16.5. The predicted molar refractivity (Wildman–Crippen MR) is 107 cm³/mol. The number of benzene rings is 2. The lowest BCUT2D eigenvalue weighted by molar-refractivity contribution is 0.568. The number of rotatable bonds is 5. The summed E-state index contributed by atoms with van der Waals surface area (Å²) < 4.78 is 22.6. The maximum atomic E-state index is 11.3. The molecule has 2 aromatic rings. The fraction of sp³-hybridized carbons (Fsp3) is 0.333. The van der Waals surface area contributed by atoms with E-state index < -0.39 is 10.0 Å². The number of hydrogen-bond acceptors (Lipinski definition) is 3. The molecule has 1 fully saturated rings. The number of nitrogens with one attached hydrogen (secondary N) is 1. The molecule has 0 bridgehead atoms. The first-order chi connectivity index (χ1) is 12.4. The molecular formula is C21H24N2O2S. The highest BCUT2D eigenvalue weighted by atomic mass is 32.2. The Morgan fingerprint density at radius 2 is 1.42 bits per heavy atom. The minimum atomic E-state index is -3.50. The van der Waals surface area contributed by atoms with Gasteiger partial charge in [0, 0.05) is 12.7 Å². The summed E-state index contributed by atoms with van der Waals surface area (Å²) in [5.41, 5.74) is 7.63. The molecule has 1 spiro atoms. The normalized spacial score (nSPS) is 18.4. The smallest absolute Gasteiger partial charge is 0.213 e. The van der Waals surface area contributed by atoms with Gasteiger partial charge in [0.15, 0.2) is 0 Å². The van der Waals surface area contributed by atoms with Gasteiger partial charge in [0.1, 0.15) is 0 Å². The fourth-order valence-corrected chi connectivity index (χ4v) is 4.64. The molecule has 0 aromatic heterocycles. The van der Waals surface area contributed by atoms with Gasteiger partial charge in [0.05, 0.1) is 5.75 Å². The summed E-state index contributed by atoms with van der Waals surface area (Å²) in [6.07, 6.45) is 4.86. The van der Waals surface area contributed by atoms with E-state index in [4.69, 9.17) is 5.14 Å². The molecule has 0 saturated heterocycles. The van der Waals surface area contributed by atoms with Gasteiger partial charge in [-0.25, -0.2) is 13.6 Å². The van der Waals surface area contributed by atoms with Crippen molar-refractivity contribution in [3.8, 4) is 0 Å². The molecule has 3 N–H and O–H groups in total. The van der Waals surface area contributed by atoms with Gasteiger partial charge in [-0.3, -0.25) is 0 Å². The summed E-state index contributed by atoms with van der Waals surface area (Å²) >= 11 is 0. The van der Waals surface area contributed by atoms with Crippen molar-refractivity contribution in [1.29, 1.82) is 0 Å². The summed E-state index contributed by atoms with van der Waals surface area (Å²) in [4.78, 5) is 0. The van der Waals surface area contributed by atoms with Crippen LogP contribution in [0.15, 0.2) is 48.5 Å². The van der Waals surface area contributed by atoms with Crippen LogP contribution in [0, 0.1) is 5.41 Å². The molecule has 4 nitrogen and oxygen atoms in total. The number of anilines is 1. The Bertz CT molecular complexity index is 954. The second kappa shape index (κ2) is 6.25. The average molecular weight is 369 g/mol. The average Bonchev–Trinajstić information content (AvgIpc) is 3.25. The second-order valence-corrected chi connectivity index (χ2v) is 9.26. The van der Waals surface area contributed by atoms with Crippen molar-refractivity contribution in [2.24, 2.45) is 10.6 Å². The minimum absolute atomic E-state index is 0.116. The molecule has 0 unspecified atom stereocenters. The van der Waals surface area contributed by atoms with Gasteiger partial charge in [-0.2, -0.15) is 0 Å². The molecule has 0 amide bonds. The van der Waals surface area contributed by atoms with Crippen LogP contribution in [0.5, 0.6) is 0 Å². The zero-order valence-electron chi connectivity index (χ0n) is 15.0. The van der Waals surface area contributed by atoms with E-state index in [1.807, 2.05) is 31.3 Å². The quantitative estimate of drug-likeness (QED) is 0.838. The predicted octanol–water partition coefficient (Wildman–Crippen LogP) is 4.00. The van der Waals surface area contributed by atoms with Crippen molar-refractivity contribution in [3.05, 3.63) is 65.2 Å². The van der Waals surface area contributed by atoms with Crippen LogP contribution in [0.4, 0.5) is 5.69 Å². The largest absolute Gasteiger partial charge is 0.388 e. The summed E-state index contributed by atoms with van der Waals surface area (Å²) in [5.74, 6) is -0.116. The van der Waals surface area contributed by atoms with Crippen LogP contribution in [0.2, 0.25) is 0 Å². The van der Waals surface area contributed by atoms with Crippen LogP contribution >= 0.6 is 0 Å². The molecule has 2 aromatic carbocycles. The van der Waals surface area contributed by atoms with Crippen molar-refractivity contribution < 1.29 is 8.42 Å². The Balaban J connectivity index is 1.68. The Morgan fingerprint density at radius 3 is 1.85 bits per heavy atom. The molecule has 0 radical (unpaired) electrons. The van der Waals surface area contributed by atoms with E-state index in [0.29, 0.717) is 5.41 Å². The van der Waals surface area contributed by atoms with E-state index in [9.17, 15) is 8.42 Å². The molecule has 1 saturated carbocycles. The molecule has 26 heavy (non-hydrogen) atoms. The van der Waals surface area contributed by atoms with Gasteiger partial charge in [-0.15, -0.1) is 0 Å². The molecule has 4 rings (SSSR count). The van der Waals surface area contributed by atoms with E-state index in [1.165, 1.54) is 35.1 Å². The Hall–Kier alpha value is -2.11. The van der Waals surface area contributed by atoms with E-state index in [0.717, 1.165) is 24.1 Å². The first-order valence-electron chi connectivity index (χ1n) is 8.98. The summed E-state index contributed by atoms with van der Waals surface area (Å²) in [7, 11) is -1.57. The zero-order chi connectivity index (χ0) is 18.4. The van der Waals surface area contributed by atoms with Gasteiger partial charge in [0.2, 0.25) is 10.0 Å². The third-order valence-electron chi connectivity index (χ3n) is 5.62. The highest BCUT2D eigenvalue weighted by molar-refractivity contribution is 7.88. The number of nitrogens with two attached hydrogens (primary N) is 1. The zero-order valence-corrected chi connectivity index (χ0v) is 15.8. The van der Waals surface area contributed by atoms with E-state index in [1.54, 1.807) is 0 Å². The SMILES string of the molecule is CNc1ccc(C2=C(c3ccc(CS(N)(=O)=O)cc3)CC3(CC3)C2)cc1. The topological polar surface area (TPSA) is 72.2 Å². The maximum Gasteiger partial charge on any atom is 0.213 e. The van der Waals surface area contributed by atoms with Crippen LogP contribution < -0.4 is 10.5 Å². The molecule has 136 valence electrons. The van der Waals surface area contributed by atoms with Gasteiger partial charge in [-0.05, 0) is 71.1 Å². The van der Waals surface area contributed by atoms with Crippen LogP contribution in [-0.2, 0) is 15.8 Å². The van der Waals surface area contributed by atoms with E-state index in [-0.39, 0.29) is 5.75 Å². The molecule has 2 aliphatic rings. The minimum Gasteiger partial charge on any atom is -0.388 e. The van der Waals surface area contributed by atoms with Gasteiger partial charge in [0.25, 0.3) is 0 Å². The highest BCUT2D eigenvalue weighted by Gasteiger charge is 2.48. The van der Waals surface area contributed by atoms with Crippen molar-refractivity contribution >= 4 is 26.9 Å². The maximum absolute atomic E-state index is 11.3. The lowest BCUT2D eigenvalue weighted by atomic mass is 9.96. The highest BCUT2D eigenvalue weighted by Crippen LogP contribution is 2.63. The molecular weight excluding hydrogens is 344 g/mol. The van der Waals surface area contributed by atoms with Crippen molar-refractivity contribution in [1.82, 2.24) is 0 Å². The number of primary sulfonamides is 1. The van der Waals surface area contributed by atoms with Crippen LogP contribution in [-0.4, -0.2) is 15.5 Å². The molecule has 0 atom stereocenters. The summed E-state index contributed by atoms with van der Waals surface area (Å²) in [5, 5.41) is 8.32. The van der Waals surface area contributed by atoms with Gasteiger partial charge >= 0.3 is 0 Å². The Labute approximate surface area is 155 Å². The van der Waals surface area contributed by atoms with Crippen molar-refractivity contribution in [3.63, 3.8) is 0 Å². The lowest BCUT2D eigenvalue weighted by Gasteiger charge is -2.10. The number of sulfonamides is 1. The van der Waals surface area contributed by atoms with E-state index >= 15 is 0 Å². The number of allylic oxidation sites excluding steroid dienone is 2. The second-order valence-electron chi connectivity index (χ2n) is 7.64. The molecule has 0 heterocycles. The first kappa shape index (κ1) is 17.3. The van der Waals surface area contributed by atoms with Crippen molar-refractivity contribution in [2.45, 2.75) is 31.4 Å². The Kier molecular flexibility index (Phi) is 4.16. The molecule has 5 heteroatoms. The third-order valence-corrected chi connectivity index (χ3v) is 6.35. The Morgan fingerprint density at radius 1 is 0.923 bits per heavy atom. The van der Waals surface area contributed by atoms with Gasteiger partial charge < -0.3 is 5.32 Å². The standard InChI is InChI=1S/C21H24N2O2S/c1-23-18-8-6-17(7-9-18)20-13-21(10-11-21)12-19(20)16-4-2-15(3-5-16)14-26(22,24)25/h2-9,23H,10-14H2,1H3,(H2,22,24,25).